The molecule has 2 aromatic rings. The van der Waals surface area contributed by atoms with E-state index in [0.29, 0.717) is 6.54 Å². The summed E-state index contributed by atoms with van der Waals surface area (Å²) >= 11 is 0. The first-order chi connectivity index (χ1) is 10.2. The summed E-state index contributed by atoms with van der Waals surface area (Å²) in [5.41, 5.74) is 1.82. The van der Waals surface area contributed by atoms with Crippen LogP contribution in [0.4, 0.5) is 11.4 Å². The molecule has 2 rings (SSSR count). The molecule has 1 aromatic heterocycles. The SMILES string of the molecule is CCC(CC)C(=O)Nc1ccc(NCc2ccco2)cc1. The van der Waals surface area contributed by atoms with Crippen molar-refractivity contribution in [1.29, 1.82) is 0 Å². The van der Waals surface area contributed by atoms with Gasteiger partial charge in [-0.3, -0.25) is 4.79 Å². The van der Waals surface area contributed by atoms with E-state index in [9.17, 15) is 4.79 Å². The van der Waals surface area contributed by atoms with Gasteiger partial charge in [-0.15, -0.1) is 0 Å². The standard InChI is InChI=1S/C17H22N2O2/c1-3-13(4-2)17(20)19-15-9-7-14(8-10-15)18-12-16-6-5-11-21-16/h5-11,13,18H,3-4,12H2,1-2H3,(H,19,20). The zero-order valence-electron chi connectivity index (χ0n) is 12.6. The lowest BCUT2D eigenvalue weighted by Gasteiger charge is -2.13. The lowest BCUT2D eigenvalue weighted by atomic mass is 10.0. The Balaban J connectivity index is 1.88. The van der Waals surface area contributed by atoms with Crippen molar-refractivity contribution in [3.8, 4) is 0 Å². The molecule has 1 amide bonds. The number of nitrogens with one attached hydrogen (secondary N) is 2. The average molecular weight is 286 g/mol. The first kappa shape index (κ1) is 15.2. The van der Waals surface area contributed by atoms with Crippen molar-refractivity contribution in [2.45, 2.75) is 33.2 Å². The van der Waals surface area contributed by atoms with Crippen molar-refractivity contribution in [2.24, 2.45) is 5.92 Å². The predicted octanol–water partition coefficient (Wildman–Crippen LogP) is 4.27. The highest BCUT2D eigenvalue weighted by atomic mass is 16.3. The third-order valence-electron chi connectivity index (χ3n) is 3.56. The number of carbonyl (C=O) groups is 1. The molecular weight excluding hydrogens is 264 g/mol. The summed E-state index contributed by atoms with van der Waals surface area (Å²) in [4.78, 5) is 12.0. The van der Waals surface area contributed by atoms with E-state index in [1.165, 1.54) is 0 Å². The van der Waals surface area contributed by atoms with E-state index in [1.54, 1.807) is 6.26 Å². The van der Waals surface area contributed by atoms with Crippen LogP contribution in [-0.4, -0.2) is 5.91 Å². The molecule has 1 aromatic carbocycles. The molecule has 0 bridgehead atoms. The van der Waals surface area contributed by atoms with Crippen LogP contribution >= 0.6 is 0 Å². The van der Waals surface area contributed by atoms with Crippen molar-refractivity contribution in [1.82, 2.24) is 0 Å². The number of rotatable bonds is 7. The second-order valence-corrected chi connectivity index (χ2v) is 5.01. The number of amides is 1. The van der Waals surface area contributed by atoms with Crippen molar-refractivity contribution >= 4 is 17.3 Å². The van der Waals surface area contributed by atoms with Gasteiger partial charge in [0.1, 0.15) is 5.76 Å². The van der Waals surface area contributed by atoms with Crippen LogP contribution < -0.4 is 10.6 Å². The van der Waals surface area contributed by atoms with Crippen LogP contribution in [0, 0.1) is 5.92 Å². The molecular formula is C17H22N2O2. The molecule has 0 radical (unpaired) electrons. The Morgan fingerprint density at radius 2 is 1.76 bits per heavy atom. The lowest BCUT2D eigenvalue weighted by Crippen LogP contribution is -2.21. The largest absolute Gasteiger partial charge is 0.467 e. The Morgan fingerprint density at radius 3 is 2.33 bits per heavy atom. The summed E-state index contributed by atoms with van der Waals surface area (Å²) in [6, 6.07) is 11.5. The zero-order chi connectivity index (χ0) is 15.1. The minimum Gasteiger partial charge on any atom is -0.467 e. The zero-order valence-corrected chi connectivity index (χ0v) is 12.6. The highest BCUT2D eigenvalue weighted by Gasteiger charge is 2.13. The monoisotopic (exact) mass is 286 g/mol. The van der Waals surface area contributed by atoms with E-state index in [2.05, 4.69) is 10.6 Å². The normalized spacial score (nSPS) is 10.6. The maximum absolute atomic E-state index is 12.0. The fourth-order valence-electron chi connectivity index (χ4n) is 2.18. The molecule has 0 spiro atoms. The summed E-state index contributed by atoms with van der Waals surface area (Å²) in [5.74, 6) is 1.07. The fraction of sp³-hybridized carbons (Fsp3) is 0.353. The van der Waals surface area contributed by atoms with Crippen LogP contribution in [0.5, 0.6) is 0 Å². The number of carbonyl (C=O) groups excluding carboxylic acids is 1. The van der Waals surface area contributed by atoms with E-state index < -0.39 is 0 Å². The Labute approximate surface area is 125 Å². The summed E-state index contributed by atoms with van der Waals surface area (Å²) in [5, 5.41) is 6.22. The summed E-state index contributed by atoms with van der Waals surface area (Å²) in [7, 11) is 0. The topological polar surface area (TPSA) is 54.3 Å². The second kappa shape index (κ2) is 7.53. The van der Waals surface area contributed by atoms with Gasteiger partial charge >= 0.3 is 0 Å². The molecule has 0 atom stereocenters. The van der Waals surface area contributed by atoms with Gasteiger partial charge < -0.3 is 15.1 Å². The van der Waals surface area contributed by atoms with Gasteiger partial charge in [0, 0.05) is 17.3 Å². The summed E-state index contributed by atoms with van der Waals surface area (Å²) in [6.45, 7) is 4.72. The van der Waals surface area contributed by atoms with Gasteiger partial charge in [-0.2, -0.15) is 0 Å². The molecule has 0 saturated heterocycles. The minimum absolute atomic E-state index is 0.0850. The van der Waals surface area contributed by atoms with E-state index in [-0.39, 0.29) is 11.8 Å². The number of hydrogen-bond donors (Lipinski definition) is 2. The van der Waals surface area contributed by atoms with Gasteiger partial charge in [0.2, 0.25) is 5.91 Å². The number of benzene rings is 1. The molecule has 4 heteroatoms. The van der Waals surface area contributed by atoms with Crippen LogP contribution in [0.1, 0.15) is 32.4 Å². The first-order valence-electron chi connectivity index (χ1n) is 7.40. The van der Waals surface area contributed by atoms with Gasteiger partial charge in [0.05, 0.1) is 12.8 Å². The predicted molar refractivity (Wildman–Crippen MR) is 85.2 cm³/mol. The Bertz CT molecular complexity index is 543. The van der Waals surface area contributed by atoms with Crippen LogP contribution in [-0.2, 0) is 11.3 Å². The molecule has 21 heavy (non-hydrogen) atoms. The highest BCUT2D eigenvalue weighted by Crippen LogP contribution is 2.17. The Kier molecular flexibility index (Phi) is 5.43. The van der Waals surface area contributed by atoms with E-state index in [4.69, 9.17) is 4.42 Å². The maximum Gasteiger partial charge on any atom is 0.227 e. The smallest absolute Gasteiger partial charge is 0.227 e. The van der Waals surface area contributed by atoms with Gasteiger partial charge in [-0.1, -0.05) is 13.8 Å². The van der Waals surface area contributed by atoms with E-state index in [1.807, 2.05) is 50.2 Å². The molecule has 112 valence electrons. The van der Waals surface area contributed by atoms with Crippen LogP contribution in [0.2, 0.25) is 0 Å². The molecule has 0 saturated carbocycles. The minimum atomic E-state index is 0.0850. The lowest BCUT2D eigenvalue weighted by molar-refractivity contribution is -0.120. The van der Waals surface area contributed by atoms with Gasteiger partial charge in [0.15, 0.2) is 0 Å². The van der Waals surface area contributed by atoms with Crippen molar-refractivity contribution < 1.29 is 9.21 Å². The molecule has 4 nitrogen and oxygen atoms in total. The molecule has 1 heterocycles. The Morgan fingerprint density at radius 1 is 1.10 bits per heavy atom. The van der Waals surface area contributed by atoms with Gasteiger partial charge in [0.25, 0.3) is 0 Å². The van der Waals surface area contributed by atoms with Crippen molar-refractivity contribution in [3.63, 3.8) is 0 Å². The molecule has 0 unspecified atom stereocenters. The average Bonchev–Trinajstić information content (AvgIpc) is 3.01. The van der Waals surface area contributed by atoms with Gasteiger partial charge in [-0.05, 0) is 49.2 Å². The molecule has 0 fully saturated rings. The molecule has 0 aliphatic carbocycles. The van der Waals surface area contributed by atoms with Crippen LogP contribution in [0.25, 0.3) is 0 Å². The van der Waals surface area contributed by atoms with Crippen LogP contribution in [0.15, 0.2) is 47.1 Å². The quantitative estimate of drug-likeness (QED) is 0.799. The second-order valence-electron chi connectivity index (χ2n) is 5.01. The molecule has 0 aliphatic heterocycles. The fourth-order valence-corrected chi connectivity index (χ4v) is 2.18. The van der Waals surface area contributed by atoms with Crippen molar-refractivity contribution in [2.75, 3.05) is 10.6 Å². The number of furan rings is 1. The number of hydrogen-bond acceptors (Lipinski definition) is 3. The van der Waals surface area contributed by atoms with Crippen molar-refractivity contribution in [3.05, 3.63) is 48.4 Å². The third kappa shape index (κ3) is 4.38. The summed E-state index contributed by atoms with van der Waals surface area (Å²) < 4.78 is 5.26. The third-order valence-corrected chi connectivity index (χ3v) is 3.56. The maximum atomic E-state index is 12.0. The molecule has 2 N–H and O–H groups in total. The Hall–Kier alpha value is -2.23. The van der Waals surface area contributed by atoms with E-state index in [0.717, 1.165) is 30.0 Å². The van der Waals surface area contributed by atoms with Gasteiger partial charge in [-0.25, -0.2) is 0 Å². The number of anilines is 2. The first-order valence-corrected chi connectivity index (χ1v) is 7.40. The van der Waals surface area contributed by atoms with Crippen LogP contribution in [0.3, 0.4) is 0 Å². The summed E-state index contributed by atoms with van der Waals surface area (Å²) in [6.07, 6.45) is 3.39. The highest BCUT2D eigenvalue weighted by molar-refractivity contribution is 5.92. The molecule has 0 aliphatic rings. The van der Waals surface area contributed by atoms with E-state index >= 15 is 0 Å².